The normalized spacial score (nSPS) is 12.8. The Morgan fingerprint density at radius 1 is 1.67 bits per heavy atom. The molecular weight excluding hydrogens is 158 g/mol. The van der Waals surface area contributed by atoms with Crippen molar-refractivity contribution < 1.29 is 15.0 Å². The number of aliphatic hydroxyl groups is 1. The molecule has 0 aromatic carbocycles. The van der Waals surface area contributed by atoms with Crippen molar-refractivity contribution in [2.75, 3.05) is 6.61 Å². The Hall–Kier alpha value is -1.29. The second kappa shape index (κ2) is 3.92. The molecule has 0 saturated carbocycles. The molecule has 0 aliphatic heterocycles. The number of H-pyrrole nitrogens is 1. The van der Waals surface area contributed by atoms with Crippen LogP contribution in [0.1, 0.15) is 17.9 Å². The quantitative estimate of drug-likeness (QED) is 0.616. The summed E-state index contributed by atoms with van der Waals surface area (Å²) in [6, 6.07) is 1.77. The number of aliphatic carboxylic acids is 1. The summed E-state index contributed by atoms with van der Waals surface area (Å²) in [5.41, 5.74) is 0.833. The highest BCUT2D eigenvalue weighted by molar-refractivity contribution is 5.68. The van der Waals surface area contributed by atoms with Crippen molar-refractivity contribution >= 4 is 5.97 Å². The first-order valence-electron chi connectivity index (χ1n) is 3.69. The van der Waals surface area contributed by atoms with Gasteiger partial charge in [-0.15, -0.1) is 0 Å². The molecule has 1 aromatic heterocycles. The molecule has 0 radical (unpaired) electrons. The first-order chi connectivity index (χ1) is 5.74. The van der Waals surface area contributed by atoms with Gasteiger partial charge in [0.25, 0.3) is 0 Å². The summed E-state index contributed by atoms with van der Waals surface area (Å²) < 4.78 is 0. The van der Waals surface area contributed by atoms with Gasteiger partial charge >= 0.3 is 5.97 Å². The largest absolute Gasteiger partial charge is 0.481 e. The van der Waals surface area contributed by atoms with Gasteiger partial charge in [0, 0.05) is 18.3 Å². The summed E-state index contributed by atoms with van der Waals surface area (Å²) in [7, 11) is 0. The average Bonchev–Trinajstić information content (AvgIpc) is 2.51. The number of carboxylic acids is 1. The first kappa shape index (κ1) is 8.80. The highest BCUT2D eigenvalue weighted by Crippen LogP contribution is 2.17. The van der Waals surface area contributed by atoms with Crippen molar-refractivity contribution in [3.05, 3.63) is 24.0 Å². The molecule has 1 unspecified atom stereocenters. The third-order valence-corrected chi connectivity index (χ3v) is 1.73. The number of carbonyl (C=O) groups is 1. The van der Waals surface area contributed by atoms with E-state index in [-0.39, 0.29) is 18.9 Å². The van der Waals surface area contributed by atoms with Gasteiger partial charge in [-0.1, -0.05) is 0 Å². The molecule has 0 amide bonds. The van der Waals surface area contributed by atoms with E-state index in [0.29, 0.717) is 0 Å². The number of carboxylic acid groups (broad SMARTS) is 1. The van der Waals surface area contributed by atoms with Gasteiger partial charge in [0.15, 0.2) is 0 Å². The number of aliphatic hydroxyl groups excluding tert-OH is 1. The number of aromatic nitrogens is 1. The lowest BCUT2D eigenvalue weighted by molar-refractivity contribution is -0.137. The van der Waals surface area contributed by atoms with Crippen LogP contribution in [0.3, 0.4) is 0 Å². The van der Waals surface area contributed by atoms with Crippen molar-refractivity contribution in [2.45, 2.75) is 12.3 Å². The molecule has 66 valence electrons. The van der Waals surface area contributed by atoms with Gasteiger partial charge in [-0.2, -0.15) is 0 Å². The number of hydrogen-bond acceptors (Lipinski definition) is 2. The van der Waals surface area contributed by atoms with Crippen LogP contribution < -0.4 is 0 Å². The SMILES string of the molecule is O=C(O)CC(CO)c1cc[nH]c1. The minimum absolute atomic E-state index is 0.0334. The van der Waals surface area contributed by atoms with E-state index in [0.717, 1.165) is 5.56 Å². The molecule has 4 heteroatoms. The molecule has 0 aliphatic rings. The molecule has 0 aliphatic carbocycles. The maximum atomic E-state index is 10.3. The number of hydrogen-bond donors (Lipinski definition) is 3. The predicted octanol–water partition coefficient (Wildman–Crippen LogP) is 0.565. The van der Waals surface area contributed by atoms with Gasteiger partial charge in [0.1, 0.15) is 0 Å². The Bertz CT molecular complexity index is 243. The van der Waals surface area contributed by atoms with Gasteiger partial charge in [-0.25, -0.2) is 0 Å². The molecule has 1 aromatic rings. The third-order valence-electron chi connectivity index (χ3n) is 1.73. The summed E-state index contributed by atoms with van der Waals surface area (Å²) in [4.78, 5) is 13.2. The van der Waals surface area contributed by atoms with E-state index in [1.807, 2.05) is 0 Å². The Morgan fingerprint density at radius 3 is 2.83 bits per heavy atom. The molecule has 3 N–H and O–H groups in total. The number of aromatic amines is 1. The fourth-order valence-electron chi connectivity index (χ4n) is 1.09. The lowest BCUT2D eigenvalue weighted by Gasteiger charge is -2.08. The fourth-order valence-corrected chi connectivity index (χ4v) is 1.09. The zero-order chi connectivity index (χ0) is 8.97. The van der Waals surface area contributed by atoms with Crippen molar-refractivity contribution in [1.82, 2.24) is 4.98 Å². The molecule has 1 rings (SSSR count). The van der Waals surface area contributed by atoms with E-state index in [2.05, 4.69) is 4.98 Å². The summed E-state index contributed by atoms with van der Waals surface area (Å²) in [6.07, 6.45) is 3.37. The highest BCUT2D eigenvalue weighted by atomic mass is 16.4. The second-order valence-corrected chi connectivity index (χ2v) is 2.62. The van der Waals surface area contributed by atoms with Crippen LogP contribution in [0.2, 0.25) is 0 Å². The minimum atomic E-state index is -0.893. The smallest absolute Gasteiger partial charge is 0.304 e. The summed E-state index contributed by atoms with van der Waals surface area (Å²) >= 11 is 0. The van der Waals surface area contributed by atoms with Gasteiger partial charge in [0.2, 0.25) is 0 Å². The van der Waals surface area contributed by atoms with E-state index in [1.165, 1.54) is 0 Å². The Labute approximate surface area is 69.9 Å². The molecular formula is C8H11NO3. The van der Waals surface area contributed by atoms with Crippen molar-refractivity contribution in [3.63, 3.8) is 0 Å². The molecule has 12 heavy (non-hydrogen) atoms. The Kier molecular flexibility index (Phi) is 2.88. The molecule has 0 saturated heterocycles. The maximum Gasteiger partial charge on any atom is 0.304 e. The molecule has 4 nitrogen and oxygen atoms in total. The predicted molar refractivity (Wildman–Crippen MR) is 42.9 cm³/mol. The lowest BCUT2D eigenvalue weighted by atomic mass is 10.00. The Morgan fingerprint density at radius 2 is 2.42 bits per heavy atom. The minimum Gasteiger partial charge on any atom is -0.481 e. The van der Waals surface area contributed by atoms with Gasteiger partial charge in [0.05, 0.1) is 13.0 Å². The standard InChI is InChI=1S/C8H11NO3/c10-5-7(3-8(11)12)6-1-2-9-4-6/h1-2,4,7,9-10H,3,5H2,(H,11,12). The number of rotatable bonds is 4. The van der Waals surface area contributed by atoms with E-state index in [4.69, 9.17) is 10.2 Å². The van der Waals surface area contributed by atoms with Crippen LogP contribution in [-0.2, 0) is 4.79 Å². The zero-order valence-corrected chi connectivity index (χ0v) is 6.53. The summed E-state index contributed by atoms with van der Waals surface area (Å²) in [5, 5.41) is 17.4. The molecule has 1 atom stereocenters. The topological polar surface area (TPSA) is 73.3 Å². The monoisotopic (exact) mass is 169 g/mol. The van der Waals surface area contributed by atoms with Crippen molar-refractivity contribution in [3.8, 4) is 0 Å². The van der Waals surface area contributed by atoms with Crippen LogP contribution in [0, 0.1) is 0 Å². The molecule has 0 fully saturated rings. The van der Waals surface area contributed by atoms with Crippen LogP contribution in [0.25, 0.3) is 0 Å². The van der Waals surface area contributed by atoms with E-state index in [9.17, 15) is 4.79 Å². The van der Waals surface area contributed by atoms with Gasteiger partial charge < -0.3 is 15.2 Å². The van der Waals surface area contributed by atoms with Crippen LogP contribution in [0.15, 0.2) is 18.5 Å². The number of nitrogens with one attached hydrogen (secondary N) is 1. The van der Waals surface area contributed by atoms with Gasteiger partial charge in [-0.05, 0) is 11.6 Å². The lowest BCUT2D eigenvalue weighted by Crippen LogP contribution is -2.09. The van der Waals surface area contributed by atoms with Crippen LogP contribution in [0.4, 0.5) is 0 Å². The van der Waals surface area contributed by atoms with Crippen LogP contribution in [0.5, 0.6) is 0 Å². The van der Waals surface area contributed by atoms with E-state index >= 15 is 0 Å². The van der Waals surface area contributed by atoms with E-state index in [1.54, 1.807) is 18.5 Å². The molecule has 0 bridgehead atoms. The van der Waals surface area contributed by atoms with Crippen LogP contribution >= 0.6 is 0 Å². The summed E-state index contributed by atoms with van der Waals surface area (Å²) in [5.74, 6) is -1.19. The zero-order valence-electron chi connectivity index (χ0n) is 6.53. The van der Waals surface area contributed by atoms with Crippen LogP contribution in [-0.4, -0.2) is 27.8 Å². The fraction of sp³-hybridized carbons (Fsp3) is 0.375. The third kappa shape index (κ3) is 2.10. The Balaban J connectivity index is 2.63. The summed E-state index contributed by atoms with van der Waals surface area (Å²) in [6.45, 7) is -0.135. The van der Waals surface area contributed by atoms with E-state index < -0.39 is 5.97 Å². The molecule has 1 heterocycles. The second-order valence-electron chi connectivity index (χ2n) is 2.62. The molecule has 0 spiro atoms. The van der Waals surface area contributed by atoms with Gasteiger partial charge in [-0.3, -0.25) is 4.79 Å². The maximum absolute atomic E-state index is 10.3. The highest BCUT2D eigenvalue weighted by Gasteiger charge is 2.14. The van der Waals surface area contributed by atoms with Crippen molar-refractivity contribution in [1.29, 1.82) is 0 Å². The van der Waals surface area contributed by atoms with Crippen molar-refractivity contribution in [2.24, 2.45) is 0 Å². The average molecular weight is 169 g/mol. The first-order valence-corrected chi connectivity index (χ1v) is 3.69.